The van der Waals surface area contributed by atoms with E-state index in [1.165, 1.54) is 23.0 Å². The topological polar surface area (TPSA) is 99.6 Å². The van der Waals surface area contributed by atoms with E-state index in [1.807, 2.05) is 40.7 Å². The molecule has 0 aliphatic carbocycles. The van der Waals surface area contributed by atoms with Crippen molar-refractivity contribution in [3.8, 4) is 5.75 Å². The molecule has 1 heterocycles. The average Bonchev–Trinajstić information content (AvgIpc) is 2.73. The molecule has 0 aliphatic rings. The quantitative estimate of drug-likeness (QED) is 0.216. The fraction of sp³-hybridized carbons (Fsp3) is 0.348. The highest BCUT2D eigenvalue weighted by molar-refractivity contribution is 9.10. The first-order valence-corrected chi connectivity index (χ1v) is 11.5. The Morgan fingerprint density at radius 2 is 2.03 bits per heavy atom. The number of ether oxygens (including phenoxy) is 1. The van der Waals surface area contributed by atoms with Crippen LogP contribution in [0.1, 0.15) is 52.4 Å². The zero-order valence-electron chi connectivity index (χ0n) is 18.9. The third-order valence-electron chi connectivity index (χ3n) is 4.94. The number of rotatable bonds is 6. The molecule has 33 heavy (non-hydrogen) atoms. The van der Waals surface area contributed by atoms with E-state index in [-0.39, 0.29) is 33.7 Å². The molecule has 3 aromatic rings. The molecule has 0 saturated carbocycles. The summed E-state index contributed by atoms with van der Waals surface area (Å²) in [6, 6.07) is 8.02. The second-order valence-electron chi connectivity index (χ2n) is 8.65. The first kappa shape index (κ1) is 24.9. The molecular formula is C23H24BrClN4O4. The highest BCUT2D eigenvalue weighted by atomic mass is 79.9. The predicted molar refractivity (Wildman–Crippen MR) is 134 cm³/mol. The van der Waals surface area contributed by atoms with Crippen LogP contribution in [-0.4, -0.2) is 26.9 Å². The first-order chi connectivity index (χ1) is 15.4. The second kappa shape index (κ2) is 9.61. The van der Waals surface area contributed by atoms with Gasteiger partial charge in [0.1, 0.15) is 5.82 Å². The smallest absolute Gasteiger partial charge is 0.313 e. The van der Waals surface area contributed by atoms with Gasteiger partial charge in [-0.05, 0) is 37.6 Å². The van der Waals surface area contributed by atoms with E-state index in [0.29, 0.717) is 23.1 Å². The predicted octanol–water partition coefficient (Wildman–Crippen LogP) is 6.08. The van der Waals surface area contributed by atoms with Crippen LogP contribution in [0.3, 0.4) is 0 Å². The molecule has 0 unspecified atom stereocenters. The van der Waals surface area contributed by atoms with Gasteiger partial charge in [-0.2, -0.15) is 9.78 Å². The van der Waals surface area contributed by atoms with Crippen molar-refractivity contribution in [1.29, 1.82) is 0 Å². The Kier molecular flexibility index (Phi) is 7.23. The van der Waals surface area contributed by atoms with E-state index < -0.39 is 10.3 Å². The van der Waals surface area contributed by atoms with Gasteiger partial charge in [0.05, 0.1) is 28.1 Å². The molecule has 0 fully saturated rings. The van der Waals surface area contributed by atoms with Crippen LogP contribution in [-0.2, 0) is 5.41 Å². The summed E-state index contributed by atoms with van der Waals surface area (Å²) < 4.78 is 7.80. The molecule has 174 valence electrons. The molecule has 8 nitrogen and oxygen atoms in total. The number of fused-ring (bicyclic) bond motifs is 1. The van der Waals surface area contributed by atoms with Gasteiger partial charge in [0.15, 0.2) is 0 Å². The minimum atomic E-state index is -0.553. The third-order valence-corrected chi connectivity index (χ3v) is 5.66. The molecule has 1 aromatic heterocycles. The minimum absolute atomic E-state index is 0.0457. The molecule has 0 saturated heterocycles. The van der Waals surface area contributed by atoms with Crippen LogP contribution >= 0.6 is 27.5 Å². The van der Waals surface area contributed by atoms with Crippen LogP contribution in [0.4, 0.5) is 5.69 Å². The first-order valence-electron chi connectivity index (χ1n) is 10.3. The van der Waals surface area contributed by atoms with E-state index in [0.717, 1.165) is 4.47 Å². The Hall–Kier alpha value is -2.78. The standard InChI is InChI=1S/C23H24BrClN4O4/c1-6-13(2)33-20-14(9-16(25)11-19(20)29(31)32)12-26-28-21(30)17-10-15(24)7-8-18(17)27-22(28)23(3,4)5/h7-13H,6H2,1-5H3/t13-/m1/s1. The summed E-state index contributed by atoms with van der Waals surface area (Å²) in [5, 5.41) is 16.6. The largest absolute Gasteiger partial charge is 0.483 e. The summed E-state index contributed by atoms with van der Waals surface area (Å²) >= 11 is 9.53. The highest BCUT2D eigenvalue weighted by Gasteiger charge is 2.24. The molecule has 2 aromatic carbocycles. The lowest BCUT2D eigenvalue weighted by molar-refractivity contribution is -0.386. The summed E-state index contributed by atoms with van der Waals surface area (Å²) in [7, 11) is 0. The zero-order valence-corrected chi connectivity index (χ0v) is 21.3. The molecule has 0 spiro atoms. The van der Waals surface area contributed by atoms with Crippen molar-refractivity contribution < 1.29 is 9.66 Å². The van der Waals surface area contributed by atoms with Crippen molar-refractivity contribution >= 4 is 50.3 Å². The Labute approximate surface area is 204 Å². The van der Waals surface area contributed by atoms with Gasteiger partial charge in [0.2, 0.25) is 5.75 Å². The van der Waals surface area contributed by atoms with Gasteiger partial charge < -0.3 is 4.74 Å². The van der Waals surface area contributed by atoms with E-state index >= 15 is 0 Å². The summed E-state index contributed by atoms with van der Waals surface area (Å²) in [4.78, 5) is 29.1. The molecule has 10 heteroatoms. The Morgan fingerprint density at radius 3 is 2.64 bits per heavy atom. The second-order valence-corrected chi connectivity index (χ2v) is 10.00. The number of aromatic nitrogens is 2. The SMILES string of the molecule is CC[C@@H](C)Oc1c(C=Nn2c(C(C)(C)C)nc3ccc(Br)cc3c2=O)cc(Cl)cc1[N+](=O)[O-]. The molecule has 0 N–H and O–H groups in total. The van der Waals surface area contributed by atoms with Gasteiger partial charge in [-0.25, -0.2) is 4.98 Å². The number of nitro benzene ring substituents is 1. The van der Waals surface area contributed by atoms with Crippen LogP contribution in [0.2, 0.25) is 5.02 Å². The van der Waals surface area contributed by atoms with Crippen molar-refractivity contribution in [1.82, 2.24) is 9.66 Å². The van der Waals surface area contributed by atoms with Gasteiger partial charge in [-0.1, -0.05) is 55.2 Å². The van der Waals surface area contributed by atoms with E-state index in [4.69, 9.17) is 16.3 Å². The molecule has 0 bridgehead atoms. The number of halogens is 2. The lowest BCUT2D eigenvalue weighted by Gasteiger charge is -2.21. The van der Waals surface area contributed by atoms with Gasteiger partial charge in [-0.3, -0.25) is 14.9 Å². The number of hydrogen-bond acceptors (Lipinski definition) is 6. The van der Waals surface area contributed by atoms with E-state index in [1.54, 1.807) is 12.1 Å². The van der Waals surface area contributed by atoms with Gasteiger partial charge in [-0.15, -0.1) is 0 Å². The number of nitro groups is 1. The monoisotopic (exact) mass is 534 g/mol. The van der Waals surface area contributed by atoms with Crippen molar-refractivity contribution in [3.63, 3.8) is 0 Å². The van der Waals surface area contributed by atoms with E-state index in [2.05, 4.69) is 26.0 Å². The van der Waals surface area contributed by atoms with Crippen molar-refractivity contribution in [2.45, 2.75) is 52.6 Å². The summed E-state index contributed by atoms with van der Waals surface area (Å²) in [6.45, 7) is 9.49. The Bertz CT molecular complexity index is 1310. The van der Waals surface area contributed by atoms with Gasteiger partial charge in [0, 0.05) is 26.5 Å². The molecule has 0 radical (unpaired) electrons. The maximum absolute atomic E-state index is 13.3. The molecule has 0 aliphatic heterocycles. The lowest BCUT2D eigenvalue weighted by atomic mass is 9.95. The number of benzene rings is 2. The van der Waals surface area contributed by atoms with Crippen molar-refractivity contribution in [2.24, 2.45) is 5.10 Å². The van der Waals surface area contributed by atoms with Crippen LogP contribution in [0.25, 0.3) is 10.9 Å². The summed E-state index contributed by atoms with van der Waals surface area (Å²) in [6.07, 6.45) is 1.72. The molecule has 0 amide bonds. The van der Waals surface area contributed by atoms with Crippen LogP contribution in [0, 0.1) is 10.1 Å². The minimum Gasteiger partial charge on any atom is -0.483 e. The molecule has 1 atom stereocenters. The van der Waals surface area contributed by atoms with Crippen LogP contribution in [0.5, 0.6) is 5.75 Å². The Balaban J connectivity index is 2.27. The van der Waals surface area contributed by atoms with Crippen LogP contribution in [0.15, 0.2) is 44.7 Å². The fourth-order valence-corrected chi connectivity index (χ4v) is 3.69. The molecular weight excluding hydrogens is 512 g/mol. The maximum atomic E-state index is 13.3. The third kappa shape index (κ3) is 5.42. The molecule has 3 rings (SSSR count). The number of nitrogens with zero attached hydrogens (tertiary/aromatic N) is 4. The van der Waals surface area contributed by atoms with Crippen molar-refractivity contribution in [3.05, 3.63) is 71.7 Å². The highest BCUT2D eigenvalue weighted by Crippen LogP contribution is 2.35. The van der Waals surface area contributed by atoms with Crippen molar-refractivity contribution in [2.75, 3.05) is 0 Å². The zero-order chi connectivity index (χ0) is 24.5. The average molecular weight is 536 g/mol. The normalized spacial score (nSPS) is 12.9. The lowest BCUT2D eigenvalue weighted by Crippen LogP contribution is -2.29. The van der Waals surface area contributed by atoms with E-state index in [9.17, 15) is 14.9 Å². The van der Waals surface area contributed by atoms with Gasteiger partial charge in [0.25, 0.3) is 5.56 Å². The fourth-order valence-electron chi connectivity index (χ4n) is 3.11. The number of hydrogen-bond donors (Lipinski definition) is 0. The summed E-state index contributed by atoms with van der Waals surface area (Å²) in [5.74, 6) is 0.490. The Morgan fingerprint density at radius 1 is 1.33 bits per heavy atom. The van der Waals surface area contributed by atoms with Crippen LogP contribution < -0.4 is 10.3 Å². The summed E-state index contributed by atoms with van der Waals surface area (Å²) in [5.41, 5.74) is -0.292. The van der Waals surface area contributed by atoms with Gasteiger partial charge >= 0.3 is 5.69 Å². The maximum Gasteiger partial charge on any atom is 0.313 e.